The fourth-order valence-corrected chi connectivity index (χ4v) is 4.42. The Hall–Kier alpha value is 0.230. The van der Waals surface area contributed by atoms with Crippen molar-refractivity contribution in [2.75, 3.05) is 38.2 Å². The standard InChI is InChI=1S/C16H32N2OS/c1-14(2)18(3)9-4-8-17-15-5-10-19-16(13-15)6-11-20-12-7-16/h14-15,17H,4-13H2,1-3H3. The molecule has 2 rings (SSSR count). The van der Waals surface area contributed by atoms with Crippen LogP contribution >= 0.6 is 11.8 Å². The summed E-state index contributed by atoms with van der Waals surface area (Å²) >= 11 is 2.09. The van der Waals surface area contributed by atoms with E-state index in [2.05, 4.69) is 42.9 Å². The van der Waals surface area contributed by atoms with Crippen molar-refractivity contribution in [3.8, 4) is 0 Å². The van der Waals surface area contributed by atoms with Gasteiger partial charge in [0.15, 0.2) is 0 Å². The van der Waals surface area contributed by atoms with E-state index in [9.17, 15) is 0 Å². The molecule has 20 heavy (non-hydrogen) atoms. The van der Waals surface area contributed by atoms with Crippen molar-refractivity contribution < 1.29 is 4.74 Å². The Morgan fingerprint density at radius 3 is 2.80 bits per heavy atom. The SMILES string of the molecule is CC(C)N(C)CCCNC1CCOC2(CCSCC2)C1. The van der Waals surface area contributed by atoms with Crippen LogP contribution in [0.4, 0.5) is 0 Å². The molecule has 2 aliphatic rings. The van der Waals surface area contributed by atoms with Gasteiger partial charge in [-0.05, 0) is 77.6 Å². The second-order valence-corrected chi connectivity index (χ2v) is 7.94. The molecule has 0 aromatic carbocycles. The minimum Gasteiger partial charge on any atom is -0.375 e. The zero-order valence-electron chi connectivity index (χ0n) is 13.5. The number of hydrogen-bond donors (Lipinski definition) is 1. The molecule has 1 N–H and O–H groups in total. The molecule has 0 aromatic rings. The third-order valence-electron chi connectivity index (χ3n) is 4.90. The first-order chi connectivity index (χ1) is 9.61. The second-order valence-electron chi connectivity index (χ2n) is 6.72. The van der Waals surface area contributed by atoms with Crippen LogP contribution in [0.15, 0.2) is 0 Å². The maximum atomic E-state index is 6.15. The predicted octanol–water partition coefficient (Wildman–Crippen LogP) is 2.75. The van der Waals surface area contributed by atoms with Crippen LogP contribution in [0.25, 0.3) is 0 Å². The smallest absolute Gasteiger partial charge is 0.0713 e. The fourth-order valence-electron chi connectivity index (χ4n) is 3.19. The molecule has 0 aromatic heterocycles. The van der Waals surface area contributed by atoms with Gasteiger partial charge in [0.1, 0.15) is 0 Å². The Bertz CT molecular complexity index is 274. The second kappa shape index (κ2) is 8.02. The van der Waals surface area contributed by atoms with E-state index in [4.69, 9.17) is 4.74 Å². The number of nitrogens with one attached hydrogen (secondary N) is 1. The average Bonchev–Trinajstić information content (AvgIpc) is 2.44. The largest absolute Gasteiger partial charge is 0.375 e. The molecule has 4 heteroatoms. The molecule has 2 fully saturated rings. The van der Waals surface area contributed by atoms with E-state index in [0.717, 1.165) is 13.2 Å². The minimum atomic E-state index is 0.218. The molecule has 0 amide bonds. The molecule has 0 aliphatic carbocycles. The van der Waals surface area contributed by atoms with Gasteiger partial charge in [0.2, 0.25) is 0 Å². The molecule has 0 bridgehead atoms. The van der Waals surface area contributed by atoms with Gasteiger partial charge >= 0.3 is 0 Å². The van der Waals surface area contributed by atoms with Gasteiger partial charge in [0, 0.05) is 18.7 Å². The summed E-state index contributed by atoms with van der Waals surface area (Å²) in [7, 11) is 2.22. The highest BCUT2D eigenvalue weighted by Crippen LogP contribution is 2.37. The summed E-state index contributed by atoms with van der Waals surface area (Å²) in [5.41, 5.74) is 0.218. The van der Waals surface area contributed by atoms with Crippen LogP contribution in [0, 0.1) is 0 Å². The Morgan fingerprint density at radius 1 is 1.35 bits per heavy atom. The molecule has 2 heterocycles. The van der Waals surface area contributed by atoms with E-state index in [0.29, 0.717) is 12.1 Å². The van der Waals surface area contributed by atoms with Crippen LogP contribution in [0.2, 0.25) is 0 Å². The van der Waals surface area contributed by atoms with Gasteiger partial charge in [-0.25, -0.2) is 0 Å². The molecule has 0 saturated carbocycles. The molecule has 118 valence electrons. The van der Waals surface area contributed by atoms with Gasteiger partial charge in [-0.15, -0.1) is 0 Å². The van der Waals surface area contributed by atoms with Gasteiger partial charge in [-0.1, -0.05) is 0 Å². The summed E-state index contributed by atoms with van der Waals surface area (Å²) in [4.78, 5) is 2.42. The topological polar surface area (TPSA) is 24.5 Å². The molecule has 1 unspecified atom stereocenters. The van der Waals surface area contributed by atoms with Crippen molar-refractivity contribution in [3.63, 3.8) is 0 Å². The van der Waals surface area contributed by atoms with Crippen molar-refractivity contribution in [1.82, 2.24) is 10.2 Å². The highest BCUT2D eigenvalue weighted by atomic mass is 32.2. The average molecular weight is 301 g/mol. The summed E-state index contributed by atoms with van der Waals surface area (Å²) in [6.07, 6.45) is 6.18. The highest BCUT2D eigenvalue weighted by molar-refractivity contribution is 7.99. The molecule has 3 nitrogen and oxygen atoms in total. The molecule has 1 atom stereocenters. The summed E-state index contributed by atoms with van der Waals surface area (Å²) in [6, 6.07) is 1.33. The van der Waals surface area contributed by atoms with Crippen LogP contribution < -0.4 is 5.32 Å². The van der Waals surface area contributed by atoms with Crippen LogP contribution in [0.5, 0.6) is 0 Å². The zero-order valence-corrected chi connectivity index (χ0v) is 14.3. The number of nitrogens with zero attached hydrogens (tertiary/aromatic N) is 1. The van der Waals surface area contributed by atoms with E-state index in [-0.39, 0.29) is 5.60 Å². The lowest BCUT2D eigenvalue weighted by molar-refractivity contribution is -0.0931. The lowest BCUT2D eigenvalue weighted by Crippen LogP contribution is -2.49. The van der Waals surface area contributed by atoms with Gasteiger partial charge in [-0.3, -0.25) is 0 Å². The van der Waals surface area contributed by atoms with Crippen molar-refractivity contribution in [2.24, 2.45) is 0 Å². The van der Waals surface area contributed by atoms with E-state index < -0.39 is 0 Å². The summed E-state index contributed by atoms with van der Waals surface area (Å²) in [5.74, 6) is 2.57. The molecular formula is C16H32N2OS. The summed E-state index contributed by atoms with van der Waals surface area (Å²) in [6.45, 7) is 7.81. The van der Waals surface area contributed by atoms with Crippen molar-refractivity contribution in [3.05, 3.63) is 0 Å². The first kappa shape index (κ1) is 16.6. The molecule has 2 aliphatic heterocycles. The van der Waals surface area contributed by atoms with Gasteiger partial charge in [-0.2, -0.15) is 11.8 Å². The lowest BCUT2D eigenvalue weighted by Gasteiger charge is -2.43. The summed E-state index contributed by atoms with van der Waals surface area (Å²) < 4.78 is 6.15. The Kier molecular flexibility index (Phi) is 6.66. The van der Waals surface area contributed by atoms with Crippen LogP contribution in [0.1, 0.15) is 46.0 Å². The first-order valence-corrected chi connectivity index (χ1v) is 9.42. The van der Waals surface area contributed by atoms with Crippen LogP contribution in [-0.2, 0) is 4.74 Å². The van der Waals surface area contributed by atoms with Crippen molar-refractivity contribution in [2.45, 2.75) is 63.6 Å². The Morgan fingerprint density at radius 2 is 2.10 bits per heavy atom. The third kappa shape index (κ3) is 4.90. The highest BCUT2D eigenvalue weighted by Gasteiger charge is 2.38. The zero-order chi connectivity index (χ0) is 14.4. The molecule has 0 radical (unpaired) electrons. The number of hydrogen-bond acceptors (Lipinski definition) is 4. The van der Waals surface area contributed by atoms with E-state index in [1.165, 1.54) is 50.2 Å². The number of thioether (sulfide) groups is 1. The van der Waals surface area contributed by atoms with E-state index in [1.54, 1.807) is 0 Å². The molecule has 1 spiro atoms. The van der Waals surface area contributed by atoms with Crippen molar-refractivity contribution >= 4 is 11.8 Å². The Labute approximate surface area is 129 Å². The van der Waals surface area contributed by atoms with Crippen LogP contribution in [0.3, 0.4) is 0 Å². The third-order valence-corrected chi connectivity index (χ3v) is 5.88. The van der Waals surface area contributed by atoms with E-state index in [1.807, 2.05) is 0 Å². The van der Waals surface area contributed by atoms with Gasteiger partial charge in [0.25, 0.3) is 0 Å². The first-order valence-electron chi connectivity index (χ1n) is 8.27. The minimum absolute atomic E-state index is 0.218. The Balaban J connectivity index is 1.65. The fraction of sp³-hybridized carbons (Fsp3) is 1.00. The predicted molar refractivity (Wildman–Crippen MR) is 88.6 cm³/mol. The summed E-state index contributed by atoms with van der Waals surface area (Å²) in [5, 5.41) is 3.77. The van der Waals surface area contributed by atoms with Gasteiger partial charge < -0.3 is 15.0 Å². The maximum absolute atomic E-state index is 6.15. The maximum Gasteiger partial charge on any atom is 0.0713 e. The number of ether oxygens (including phenoxy) is 1. The number of rotatable bonds is 6. The monoisotopic (exact) mass is 300 g/mol. The van der Waals surface area contributed by atoms with Gasteiger partial charge in [0.05, 0.1) is 5.60 Å². The van der Waals surface area contributed by atoms with E-state index >= 15 is 0 Å². The van der Waals surface area contributed by atoms with Crippen molar-refractivity contribution in [1.29, 1.82) is 0 Å². The normalized spacial score (nSPS) is 26.6. The molecule has 2 saturated heterocycles. The quantitative estimate of drug-likeness (QED) is 0.762. The van der Waals surface area contributed by atoms with Crippen LogP contribution in [-0.4, -0.2) is 60.8 Å². The lowest BCUT2D eigenvalue weighted by atomic mass is 9.85. The molecular weight excluding hydrogens is 268 g/mol.